The molecule has 2 aromatic rings. The van der Waals surface area contributed by atoms with Gasteiger partial charge >= 0.3 is 13.0 Å². The van der Waals surface area contributed by atoms with E-state index in [1.54, 1.807) is 6.07 Å². The normalized spacial score (nSPS) is 13.7. The molecule has 1 aliphatic heterocycles. The number of alkyl halides is 3. The molecule has 0 saturated carbocycles. The zero-order valence-electron chi connectivity index (χ0n) is 19.2. The van der Waals surface area contributed by atoms with Crippen LogP contribution in [0.2, 0.25) is 0 Å². The van der Waals surface area contributed by atoms with E-state index in [4.69, 9.17) is 9.05 Å². The third-order valence-electron chi connectivity index (χ3n) is 5.28. The van der Waals surface area contributed by atoms with Gasteiger partial charge in [0, 0.05) is 29.0 Å². The summed E-state index contributed by atoms with van der Waals surface area (Å²) < 4.78 is 64.7. The number of H-pyrrole nitrogens is 1. The molecule has 1 atom stereocenters. The molecule has 1 aliphatic carbocycles. The minimum atomic E-state index is -4.50. The molecule has 0 bridgehead atoms. The van der Waals surface area contributed by atoms with Gasteiger partial charge in [-0.1, -0.05) is 30.7 Å². The summed E-state index contributed by atoms with van der Waals surface area (Å²) in [6.07, 6.45) is -3.78. The number of nitrogens with one attached hydrogen (secondary N) is 1. The Balaban J connectivity index is 1.74. The number of aryl methyl sites for hydroxylation is 2. The molecule has 0 aromatic heterocycles. The van der Waals surface area contributed by atoms with Crippen LogP contribution in [0.15, 0.2) is 59.4 Å². The lowest BCUT2D eigenvalue weighted by molar-refractivity contribution is -0.137. The number of halogens is 3. The maximum Gasteiger partial charge on any atom is 0.492 e. The maximum absolute atomic E-state index is 13.6. The second-order valence-corrected chi connectivity index (χ2v) is 12.2. The molecule has 0 amide bonds. The van der Waals surface area contributed by atoms with E-state index in [2.05, 4.69) is 4.98 Å². The Kier molecular flexibility index (Phi) is 6.93. The second-order valence-electron chi connectivity index (χ2n) is 8.18. The average molecular weight is 521 g/mol. The van der Waals surface area contributed by atoms with Crippen LogP contribution < -0.4 is 14.5 Å². The molecule has 4 rings (SSSR count). The molecule has 0 spiro atoms. The van der Waals surface area contributed by atoms with Gasteiger partial charge in [-0.05, 0) is 66.9 Å². The van der Waals surface area contributed by atoms with Crippen molar-refractivity contribution >= 4 is 29.1 Å². The molecule has 1 N–H and O–H groups in total. The number of benzene rings is 3. The van der Waals surface area contributed by atoms with Crippen molar-refractivity contribution in [2.24, 2.45) is 0 Å². The van der Waals surface area contributed by atoms with E-state index in [0.717, 1.165) is 41.1 Å². The Morgan fingerprint density at radius 2 is 1.77 bits per heavy atom. The van der Waals surface area contributed by atoms with Crippen molar-refractivity contribution < 1.29 is 26.8 Å². The second kappa shape index (κ2) is 9.63. The highest BCUT2D eigenvalue weighted by Crippen LogP contribution is 2.60. The molecule has 0 saturated heterocycles. The van der Waals surface area contributed by atoms with Crippen molar-refractivity contribution in [1.29, 1.82) is 0 Å². The van der Waals surface area contributed by atoms with Crippen molar-refractivity contribution in [3.63, 3.8) is 0 Å². The third kappa shape index (κ3) is 5.68. The molecule has 10 heteroatoms. The smallest absolute Gasteiger partial charge is 0.408 e. The van der Waals surface area contributed by atoms with Crippen LogP contribution in [0.3, 0.4) is 0 Å². The quantitative estimate of drug-likeness (QED) is 0.197. The van der Waals surface area contributed by atoms with Crippen molar-refractivity contribution in [2.45, 2.75) is 33.4 Å². The highest BCUT2D eigenvalue weighted by molar-refractivity contribution is 8.55. The summed E-state index contributed by atoms with van der Waals surface area (Å²) in [6.45, 7) is 1.91. The van der Waals surface area contributed by atoms with E-state index < -0.39 is 24.0 Å². The SMILES string of the molecule is CCCSP(=O)(Oc1cc2[nH]c3cc(C(F)(F)F)ccc3cc-2c(=O)c1)Oc1ccc(C)cc1C. The lowest BCUT2D eigenvalue weighted by atomic mass is 10.0. The van der Waals surface area contributed by atoms with Crippen LogP contribution in [-0.2, 0) is 10.7 Å². The summed E-state index contributed by atoms with van der Waals surface area (Å²) in [5.41, 5.74) is 1.32. The molecule has 1 unspecified atom stereocenters. The summed E-state index contributed by atoms with van der Waals surface area (Å²) in [4.78, 5) is 15.7. The van der Waals surface area contributed by atoms with Crippen LogP contribution in [0.25, 0.3) is 22.2 Å². The Morgan fingerprint density at radius 3 is 2.46 bits per heavy atom. The van der Waals surface area contributed by atoms with Gasteiger partial charge in [0.2, 0.25) is 0 Å². The van der Waals surface area contributed by atoms with E-state index in [1.165, 1.54) is 24.3 Å². The monoisotopic (exact) mass is 521 g/mol. The lowest BCUT2D eigenvalue weighted by Crippen LogP contribution is -2.09. The number of hydrogen-bond donors (Lipinski definition) is 1. The van der Waals surface area contributed by atoms with Gasteiger partial charge in [0.05, 0.1) is 11.3 Å². The first-order chi connectivity index (χ1) is 16.5. The van der Waals surface area contributed by atoms with Gasteiger partial charge in [-0.25, -0.2) is 4.57 Å². The van der Waals surface area contributed by atoms with E-state index in [0.29, 0.717) is 16.9 Å². The molecule has 2 aromatic carbocycles. The maximum atomic E-state index is 13.6. The Hall–Kier alpha value is -2.90. The zero-order valence-corrected chi connectivity index (χ0v) is 20.9. The summed E-state index contributed by atoms with van der Waals surface area (Å²) in [5, 5.41) is 0.457. The summed E-state index contributed by atoms with van der Waals surface area (Å²) in [5.74, 6) is 0.904. The van der Waals surface area contributed by atoms with Crippen LogP contribution in [0.4, 0.5) is 13.2 Å². The highest BCUT2D eigenvalue weighted by atomic mass is 32.7. The Bertz CT molecular complexity index is 1470. The van der Waals surface area contributed by atoms with Crippen molar-refractivity contribution in [2.75, 3.05) is 5.75 Å². The van der Waals surface area contributed by atoms with Gasteiger partial charge in [0.15, 0.2) is 5.43 Å². The molecule has 1 heterocycles. The molecule has 184 valence electrons. The predicted molar refractivity (Wildman–Crippen MR) is 134 cm³/mol. The van der Waals surface area contributed by atoms with Gasteiger partial charge in [-0.15, -0.1) is 0 Å². The summed E-state index contributed by atoms with van der Waals surface area (Å²) in [6, 6.07) is 12.9. The van der Waals surface area contributed by atoms with Gasteiger partial charge in [0.25, 0.3) is 0 Å². The van der Waals surface area contributed by atoms with Gasteiger partial charge in [-0.2, -0.15) is 13.2 Å². The van der Waals surface area contributed by atoms with E-state index in [1.807, 2.05) is 32.9 Å². The first-order valence-electron chi connectivity index (χ1n) is 10.9. The molecule has 0 radical (unpaired) electrons. The van der Waals surface area contributed by atoms with E-state index in [9.17, 15) is 22.5 Å². The van der Waals surface area contributed by atoms with Gasteiger partial charge < -0.3 is 14.0 Å². The Labute approximate surface area is 204 Å². The predicted octanol–water partition coefficient (Wildman–Crippen LogP) is 7.98. The molecule has 5 nitrogen and oxygen atoms in total. The fourth-order valence-electron chi connectivity index (χ4n) is 3.60. The number of aromatic nitrogens is 1. The van der Waals surface area contributed by atoms with Gasteiger partial charge in [-0.3, -0.25) is 4.79 Å². The summed E-state index contributed by atoms with van der Waals surface area (Å²) >= 11 is 1.02. The molecule has 0 fully saturated rings. The largest absolute Gasteiger partial charge is 0.492 e. The van der Waals surface area contributed by atoms with Crippen molar-refractivity contribution in [3.8, 4) is 22.8 Å². The first-order valence-corrected chi connectivity index (χ1v) is 14.0. The van der Waals surface area contributed by atoms with Crippen LogP contribution in [-0.4, -0.2) is 10.7 Å². The minimum absolute atomic E-state index is 0.00165. The Morgan fingerprint density at radius 1 is 1.00 bits per heavy atom. The molecular weight excluding hydrogens is 498 g/mol. The minimum Gasteiger partial charge on any atom is -0.408 e. The number of hydrogen-bond acceptors (Lipinski definition) is 5. The standard InChI is InChI=1S/C25H23F3NO4PS/c1-4-9-35-34(31,33-24-8-5-15(2)10-16(24)3)32-19-13-22-20(23(30)14-19)11-17-6-7-18(25(26,27)28)12-21(17)29-22/h5-8,10-14,29H,4,9H2,1-3H3. The fraction of sp³-hybridized carbons (Fsp3) is 0.240. The summed E-state index contributed by atoms with van der Waals surface area (Å²) in [7, 11) is 0. The fourth-order valence-corrected chi connectivity index (χ4v) is 6.99. The lowest BCUT2D eigenvalue weighted by Gasteiger charge is -2.21. The number of pyridine rings is 1. The number of aromatic amines is 1. The number of fused-ring (bicyclic) bond motifs is 2. The van der Waals surface area contributed by atoms with Gasteiger partial charge in [0.1, 0.15) is 11.5 Å². The van der Waals surface area contributed by atoms with E-state index in [-0.39, 0.29) is 22.5 Å². The highest BCUT2D eigenvalue weighted by Gasteiger charge is 2.32. The average Bonchev–Trinajstić information content (AvgIpc) is 2.77. The topological polar surface area (TPSA) is 68.4 Å². The number of rotatable bonds is 7. The van der Waals surface area contributed by atoms with Crippen LogP contribution >= 0.6 is 18.2 Å². The van der Waals surface area contributed by atoms with Crippen LogP contribution in [0.5, 0.6) is 11.5 Å². The molecule has 2 aliphatic rings. The van der Waals surface area contributed by atoms with Crippen molar-refractivity contribution in [1.82, 2.24) is 4.98 Å². The van der Waals surface area contributed by atoms with E-state index >= 15 is 0 Å². The van der Waals surface area contributed by atoms with Crippen LogP contribution in [0, 0.1) is 13.8 Å². The first kappa shape index (κ1) is 25.2. The molecule has 35 heavy (non-hydrogen) atoms. The third-order valence-corrected chi connectivity index (χ3v) is 8.98. The molecular formula is C25H23F3NO4PS. The zero-order chi connectivity index (χ0) is 25.4. The van der Waals surface area contributed by atoms with Crippen molar-refractivity contribution in [3.05, 3.63) is 81.5 Å². The van der Waals surface area contributed by atoms with Crippen LogP contribution in [0.1, 0.15) is 30.0 Å².